The van der Waals surface area contributed by atoms with Gasteiger partial charge in [-0.1, -0.05) is 53.8 Å². The first kappa shape index (κ1) is 31.8. The molecule has 1 amide bonds. The summed E-state index contributed by atoms with van der Waals surface area (Å²) in [5.41, 5.74) is 1.91. The molecule has 0 aliphatic carbocycles. The zero-order valence-corrected chi connectivity index (χ0v) is 27.4. The lowest BCUT2D eigenvalue weighted by atomic mass is 10.2. The molecular weight excluding hydrogens is 637 g/mol. The van der Waals surface area contributed by atoms with Crippen LogP contribution in [0.25, 0.3) is 21.2 Å². The van der Waals surface area contributed by atoms with Crippen LogP contribution in [-0.2, 0) is 16.6 Å². The maximum Gasteiger partial charge on any atom is 0.280 e. The number of aromatic nitrogens is 1. The Balaban J connectivity index is 1.35. The molecule has 0 atom stereocenters. The summed E-state index contributed by atoms with van der Waals surface area (Å²) < 4.78 is 40.5. The molecule has 2 heterocycles. The van der Waals surface area contributed by atoms with Gasteiger partial charge in [0.15, 0.2) is 0 Å². The summed E-state index contributed by atoms with van der Waals surface area (Å²) in [6.07, 6.45) is 2.54. The Morgan fingerprint density at radius 1 is 1.00 bits per heavy atom. The Bertz CT molecular complexity index is 2260. The van der Waals surface area contributed by atoms with Crippen molar-refractivity contribution in [3.63, 3.8) is 0 Å². The fourth-order valence-electron chi connectivity index (χ4n) is 4.94. The molecule has 0 unspecified atom stereocenters. The largest absolute Gasteiger partial charge is 0.497 e. The van der Waals surface area contributed by atoms with Gasteiger partial charge in [0.25, 0.3) is 5.91 Å². The number of rotatable bonds is 10. The topological polar surface area (TPSA) is 122 Å². The molecule has 2 aromatic heterocycles. The quantitative estimate of drug-likeness (QED) is 0.118. The molecule has 238 valence electrons. The molecule has 0 aliphatic heterocycles. The third-order valence-corrected chi connectivity index (χ3v) is 10.5. The standard InChI is InChI=1S/C35H30N4O6S2/c1-23(2)38(21-24-9-5-4-6-10-24)47(42,43)28-16-13-25(14-17-28)34(41)39(35-37-30-18-15-27(44-3)19-32(30)46-35)36-20-26-22-45-31-12-8-7-11-29(31)33(26)40/h4-20,22-23H,21H2,1-3H3/b36-20+. The van der Waals surface area contributed by atoms with Crippen LogP contribution in [0.3, 0.4) is 0 Å². The minimum absolute atomic E-state index is 0.0505. The monoisotopic (exact) mass is 666 g/mol. The van der Waals surface area contributed by atoms with Crippen LogP contribution < -0.4 is 15.2 Å². The fourth-order valence-corrected chi connectivity index (χ4v) is 7.51. The predicted octanol–water partition coefficient (Wildman–Crippen LogP) is 6.69. The van der Waals surface area contributed by atoms with Crippen molar-refractivity contribution in [3.05, 3.63) is 130 Å². The molecule has 47 heavy (non-hydrogen) atoms. The number of fused-ring (bicyclic) bond motifs is 2. The van der Waals surface area contributed by atoms with Gasteiger partial charge in [0.05, 0.1) is 39.4 Å². The van der Waals surface area contributed by atoms with E-state index in [1.54, 1.807) is 49.6 Å². The molecule has 4 aromatic carbocycles. The number of hydrazone groups is 1. The molecule has 0 saturated heterocycles. The lowest BCUT2D eigenvalue weighted by molar-refractivity contribution is 0.0987. The number of ether oxygens (including phenoxy) is 1. The number of nitrogens with zero attached hydrogens (tertiary/aromatic N) is 4. The number of sulfonamides is 1. The fraction of sp³-hybridized carbons (Fsp3) is 0.143. The molecule has 0 bridgehead atoms. The smallest absolute Gasteiger partial charge is 0.280 e. The zero-order valence-electron chi connectivity index (χ0n) is 25.7. The molecule has 0 fully saturated rings. The number of benzene rings is 4. The van der Waals surface area contributed by atoms with Crippen LogP contribution in [0.15, 0.2) is 123 Å². The summed E-state index contributed by atoms with van der Waals surface area (Å²) in [5, 5.41) is 6.11. The van der Waals surface area contributed by atoms with Crippen LogP contribution in [0, 0.1) is 0 Å². The van der Waals surface area contributed by atoms with Crippen molar-refractivity contribution in [2.75, 3.05) is 12.1 Å². The van der Waals surface area contributed by atoms with Gasteiger partial charge >= 0.3 is 0 Å². The van der Waals surface area contributed by atoms with Gasteiger partial charge in [-0.15, -0.1) is 0 Å². The van der Waals surface area contributed by atoms with Gasteiger partial charge in [-0.05, 0) is 74.0 Å². The molecule has 0 radical (unpaired) electrons. The second-order valence-electron chi connectivity index (χ2n) is 10.9. The normalized spacial score (nSPS) is 12.0. The summed E-state index contributed by atoms with van der Waals surface area (Å²) in [7, 11) is -2.34. The number of methoxy groups -OCH3 is 1. The highest BCUT2D eigenvalue weighted by Crippen LogP contribution is 2.33. The summed E-state index contributed by atoms with van der Waals surface area (Å²) in [4.78, 5) is 31.8. The van der Waals surface area contributed by atoms with Gasteiger partial charge in [0.2, 0.25) is 20.6 Å². The number of para-hydroxylation sites is 1. The van der Waals surface area contributed by atoms with E-state index in [2.05, 4.69) is 10.1 Å². The molecule has 6 aromatic rings. The van der Waals surface area contributed by atoms with Crippen molar-refractivity contribution in [3.8, 4) is 5.75 Å². The van der Waals surface area contributed by atoms with E-state index in [0.717, 1.165) is 15.3 Å². The van der Waals surface area contributed by atoms with Gasteiger partial charge in [-0.2, -0.15) is 14.4 Å². The van der Waals surface area contributed by atoms with E-state index in [-0.39, 0.29) is 39.2 Å². The van der Waals surface area contributed by atoms with Gasteiger partial charge in [-0.25, -0.2) is 13.4 Å². The highest BCUT2D eigenvalue weighted by molar-refractivity contribution is 7.89. The van der Waals surface area contributed by atoms with Crippen LogP contribution >= 0.6 is 11.3 Å². The van der Waals surface area contributed by atoms with Crippen LogP contribution in [0.1, 0.15) is 35.3 Å². The second-order valence-corrected chi connectivity index (χ2v) is 13.8. The first-order valence-electron chi connectivity index (χ1n) is 14.6. The van der Waals surface area contributed by atoms with E-state index in [1.165, 1.54) is 52.4 Å². The summed E-state index contributed by atoms with van der Waals surface area (Å²) in [6, 6.07) is 26.9. The molecular formula is C35H30N4O6S2. The van der Waals surface area contributed by atoms with Crippen molar-refractivity contribution >= 4 is 59.8 Å². The van der Waals surface area contributed by atoms with Gasteiger partial charge in [-0.3, -0.25) is 9.59 Å². The van der Waals surface area contributed by atoms with Crippen LogP contribution in [0.5, 0.6) is 5.75 Å². The van der Waals surface area contributed by atoms with E-state index in [1.807, 2.05) is 44.2 Å². The van der Waals surface area contributed by atoms with E-state index >= 15 is 0 Å². The molecule has 6 rings (SSSR count). The maximum atomic E-state index is 14.0. The molecule has 0 saturated carbocycles. The number of carbonyl (C=O) groups excluding carboxylic acids is 1. The molecule has 0 spiro atoms. The Hall–Kier alpha value is -5.17. The first-order valence-corrected chi connectivity index (χ1v) is 16.9. The van der Waals surface area contributed by atoms with Crippen molar-refractivity contribution in [2.24, 2.45) is 5.10 Å². The highest BCUT2D eigenvalue weighted by Gasteiger charge is 2.28. The summed E-state index contributed by atoms with van der Waals surface area (Å²) in [6.45, 7) is 3.84. The average Bonchev–Trinajstić information content (AvgIpc) is 3.51. The van der Waals surface area contributed by atoms with Gasteiger partial charge in [0, 0.05) is 18.2 Å². The number of hydrogen-bond acceptors (Lipinski definition) is 9. The molecule has 0 aliphatic rings. The Morgan fingerprint density at radius 3 is 2.45 bits per heavy atom. The minimum atomic E-state index is -3.89. The second kappa shape index (κ2) is 13.3. The first-order chi connectivity index (χ1) is 22.7. The summed E-state index contributed by atoms with van der Waals surface area (Å²) >= 11 is 1.21. The SMILES string of the molecule is COc1ccc2nc(N(/N=C/c3coc4ccccc4c3=O)C(=O)c3ccc(S(=O)(=O)N(Cc4ccccc4)C(C)C)cc3)sc2c1. The van der Waals surface area contributed by atoms with E-state index in [9.17, 15) is 18.0 Å². The van der Waals surface area contributed by atoms with Gasteiger partial charge in [0.1, 0.15) is 17.6 Å². The van der Waals surface area contributed by atoms with E-state index in [0.29, 0.717) is 22.2 Å². The number of carbonyl (C=O) groups is 1. The Kier molecular flexibility index (Phi) is 8.99. The number of thiazole rings is 1. The van der Waals surface area contributed by atoms with Crippen LogP contribution in [0.4, 0.5) is 5.13 Å². The van der Waals surface area contributed by atoms with E-state index < -0.39 is 15.9 Å². The van der Waals surface area contributed by atoms with E-state index in [4.69, 9.17) is 9.15 Å². The Morgan fingerprint density at radius 2 is 1.72 bits per heavy atom. The van der Waals surface area contributed by atoms with Gasteiger partial charge < -0.3 is 9.15 Å². The third kappa shape index (κ3) is 6.57. The lowest BCUT2D eigenvalue weighted by Crippen LogP contribution is -2.36. The van der Waals surface area contributed by atoms with Crippen LogP contribution in [-0.4, -0.2) is 43.0 Å². The minimum Gasteiger partial charge on any atom is -0.497 e. The lowest BCUT2D eigenvalue weighted by Gasteiger charge is -2.26. The number of hydrogen-bond donors (Lipinski definition) is 0. The van der Waals surface area contributed by atoms with Crippen molar-refractivity contribution in [2.45, 2.75) is 31.3 Å². The summed E-state index contributed by atoms with van der Waals surface area (Å²) in [5.74, 6) is 0.0498. The van der Waals surface area contributed by atoms with Crippen molar-refractivity contribution in [1.29, 1.82) is 0 Å². The molecule has 12 heteroatoms. The predicted molar refractivity (Wildman–Crippen MR) is 184 cm³/mol. The van der Waals surface area contributed by atoms with Crippen LogP contribution in [0.2, 0.25) is 0 Å². The maximum absolute atomic E-state index is 14.0. The van der Waals surface area contributed by atoms with Crippen molar-refractivity contribution in [1.82, 2.24) is 9.29 Å². The molecule has 0 N–H and O–H groups in total. The zero-order chi connectivity index (χ0) is 33.1. The highest BCUT2D eigenvalue weighted by atomic mass is 32.2. The number of anilines is 1. The Labute approximate surface area is 275 Å². The third-order valence-electron chi connectivity index (χ3n) is 7.44. The number of amides is 1. The van der Waals surface area contributed by atoms with Crippen molar-refractivity contribution < 1.29 is 22.4 Å². The average molecular weight is 667 g/mol. The molecule has 10 nitrogen and oxygen atoms in total.